The van der Waals surface area contributed by atoms with E-state index >= 15 is 0 Å². The summed E-state index contributed by atoms with van der Waals surface area (Å²) in [4.78, 5) is 23.0. The van der Waals surface area contributed by atoms with Crippen LogP contribution in [0.3, 0.4) is 0 Å². The van der Waals surface area contributed by atoms with Gasteiger partial charge in [0.1, 0.15) is 5.00 Å². The fourth-order valence-electron chi connectivity index (χ4n) is 1.35. The van der Waals surface area contributed by atoms with Crippen LogP contribution in [0.2, 0.25) is 0 Å². The summed E-state index contributed by atoms with van der Waals surface area (Å²) in [5.74, 6) is -1.11. The number of rotatable bonds is 6. The number of nitrogens with one attached hydrogen (secondary N) is 1. The predicted molar refractivity (Wildman–Crippen MR) is 66.4 cm³/mol. The Balaban J connectivity index is 3.15. The van der Waals surface area contributed by atoms with Gasteiger partial charge in [0.25, 0.3) is 12.3 Å². The van der Waals surface area contributed by atoms with Gasteiger partial charge >= 0.3 is 0 Å². The number of hydrogen-bond donors (Lipinski definition) is 3. The standard InChI is InChI=1S/C10H13F2N3O2S/c1-2-4(16)8-7(13)6(9(14)17)10(18-8)15-3-5(11)12/h5,15H,2-3,13H2,1H3,(H2,14,17). The zero-order chi connectivity index (χ0) is 13.9. The van der Waals surface area contributed by atoms with Crippen LogP contribution in [0.25, 0.3) is 0 Å². The van der Waals surface area contributed by atoms with Gasteiger partial charge in [0.05, 0.1) is 22.7 Å². The first kappa shape index (κ1) is 14.4. The van der Waals surface area contributed by atoms with Gasteiger partial charge < -0.3 is 16.8 Å². The lowest BCUT2D eigenvalue weighted by atomic mass is 10.1. The molecule has 8 heteroatoms. The molecule has 1 heterocycles. The molecule has 0 aliphatic rings. The first-order chi connectivity index (χ1) is 8.38. The predicted octanol–water partition coefficient (Wildman–Crippen LogP) is 1.70. The van der Waals surface area contributed by atoms with Crippen LogP contribution in [0.5, 0.6) is 0 Å². The van der Waals surface area contributed by atoms with Crippen LogP contribution < -0.4 is 16.8 Å². The lowest BCUT2D eigenvalue weighted by Gasteiger charge is -2.04. The van der Waals surface area contributed by atoms with E-state index in [1.165, 1.54) is 0 Å². The largest absolute Gasteiger partial charge is 0.397 e. The Morgan fingerprint density at radius 1 is 1.44 bits per heavy atom. The molecular weight excluding hydrogens is 264 g/mol. The number of carbonyl (C=O) groups excluding carboxylic acids is 2. The SMILES string of the molecule is CCC(=O)c1sc(NCC(F)F)c(C(N)=O)c1N. The zero-order valence-electron chi connectivity index (χ0n) is 9.63. The maximum atomic E-state index is 12.1. The number of halogens is 2. The zero-order valence-corrected chi connectivity index (χ0v) is 10.4. The Kier molecular flexibility index (Phi) is 4.60. The number of carbonyl (C=O) groups is 2. The van der Waals surface area contributed by atoms with Crippen LogP contribution in [-0.2, 0) is 0 Å². The normalized spacial score (nSPS) is 10.7. The smallest absolute Gasteiger partial charge is 0.255 e. The van der Waals surface area contributed by atoms with E-state index in [1.807, 2.05) is 0 Å². The maximum absolute atomic E-state index is 12.1. The molecule has 0 unspecified atom stereocenters. The van der Waals surface area contributed by atoms with Crippen molar-refractivity contribution in [2.24, 2.45) is 5.73 Å². The molecule has 100 valence electrons. The molecule has 0 saturated carbocycles. The van der Waals surface area contributed by atoms with Crippen molar-refractivity contribution in [1.29, 1.82) is 0 Å². The molecule has 0 atom stereocenters. The monoisotopic (exact) mass is 277 g/mol. The van der Waals surface area contributed by atoms with Crippen LogP contribution in [0.4, 0.5) is 19.5 Å². The van der Waals surface area contributed by atoms with E-state index < -0.39 is 18.9 Å². The molecule has 0 fully saturated rings. The molecule has 1 aromatic heterocycles. The van der Waals surface area contributed by atoms with E-state index in [4.69, 9.17) is 11.5 Å². The van der Waals surface area contributed by atoms with Crippen molar-refractivity contribution >= 4 is 33.7 Å². The third-order valence-electron chi connectivity index (χ3n) is 2.18. The number of nitrogens with two attached hydrogens (primary N) is 2. The molecule has 5 nitrogen and oxygen atoms in total. The number of Topliss-reactive ketones (excluding diaryl/α,β-unsaturated/α-hetero) is 1. The number of amides is 1. The third kappa shape index (κ3) is 2.95. The highest BCUT2D eigenvalue weighted by Gasteiger charge is 2.23. The Bertz CT molecular complexity index is 474. The minimum Gasteiger partial charge on any atom is -0.397 e. The van der Waals surface area contributed by atoms with E-state index in [-0.39, 0.29) is 33.3 Å². The number of thiophene rings is 1. The van der Waals surface area contributed by atoms with E-state index in [1.54, 1.807) is 6.92 Å². The summed E-state index contributed by atoms with van der Waals surface area (Å²) in [6.07, 6.45) is -2.38. The van der Waals surface area contributed by atoms with Gasteiger partial charge in [-0.25, -0.2) is 8.78 Å². The molecule has 1 aromatic rings. The summed E-state index contributed by atoms with van der Waals surface area (Å²) in [5.41, 5.74) is 10.6. The molecule has 0 spiro atoms. The Hall–Kier alpha value is -1.70. The van der Waals surface area contributed by atoms with Crippen LogP contribution in [0.15, 0.2) is 0 Å². The van der Waals surface area contributed by atoms with Gasteiger partial charge in [-0.2, -0.15) is 0 Å². The molecule has 18 heavy (non-hydrogen) atoms. The van der Waals surface area contributed by atoms with E-state index in [2.05, 4.69) is 5.32 Å². The second kappa shape index (κ2) is 5.76. The fraction of sp³-hybridized carbons (Fsp3) is 0.400. The average molecular weight is 277 g/mol. The summed E-state index contributed by atoms with van der Waals surface area (Å²) in [6, 6.07) is 0. The Morgan fingerprint density at radius 2 is 2.06 bits per heavy atom. The van der Waals surface area contributed by atoms with Crippen molar-refractivity contribution in [3.05, 3.63) is 10.4 Å². The van der Waals surface area contributed by atoms with E-state index in [0.29, 0.717) is 0 Å². The van der Waals surface area contributed by atoms with E-state index in [9.17, 15) is 18.4 Å². The molecule has 0 radical (unpaired) electrons. The van der Waals surface area contributed by atoms with Crippen molar-refractivity contribution in [3.63, 3.8) is 0 Å². The summed E-state index contributed by atoms with van der Waals surface area (Å²) < 4.78 is 24.2. The number of primary amides is 1. The van der Waals surface area contributed by atoms with Gasteiger partial charge in [0.2, 0.25) is 0 Å². The highest BCUT2D eigenvalue weighted by Crippen LogP contribution is 2.36. The summed E-state index contributed by atoms with van der Waals surface area (Å²) in [7, 11) is 0. The first-order valence-corrected chi connectivity index (χ1v) is 5.97. The maximum Gasteiger partial charge on any atom is 0.255 e. The number of alkyl halides is 2. The highest BCUT2D eigenvalue weighted by atomic mass is 32.1. The summed E-state index contributed by atoms with van der Waals surface area (Å²) in [5, 5.41) is 2.48. The molecule has 5 N–H and O–H groups in total. The number of anilines is 2. The molecule has 0 aliphatic carbocycles. The van der Waals surface area contributed by atoms with Crippen molar-refractivity contribution < 1.29 is 18.4 Å². The number of ketones is 1. The Morgan fingerprint density at radius 3 is 2.50 bits per heavy atom. The summed E-state index contributed by atoms with van der Waals surface area (Å²) >= 11 is 0.869. The minimum absolute atomic E-state index is 0.0453. The number of hydrogen-bond acceptors (Lipinski definition) is 5. The molecule has 0 aliphatic heterocycles. The highest BCUT2D eigenvalue weighted by molar-refractivity contribution is 7.19. The van der Waals surface area contributed by atoms with Gasteiger partial charge in [-0.1, -0.05) is 6.92 Å². The van der Waals surface area contributed by atoms with Gasteiger partial charge in [-0.05, 0) is 0 Å². The van der Waals surface area contributed by atoms with Crippen molar-refractivity contribution in [1.82, 2.24) is 0 Å². The van der Waals surface area contributed by atoms with Crippen molar-refractivity contribution in [3.8, 4) is 0 Å². The van der Waals surface area contributed by atoms with E-state index in [0.717, 1.165) is 11.3 Å². The molecule has 0 aromatic carbocycles. The molecular formula is C10H13F2N3O2S. The average Bonchev–Trinajstić information content (AvgIpc) is 2.62. The van der Waals surface area contributed by atoms with Crippen molar-refractivity contribution in [2.75, 3.05) is 17.6 Å². The second-order valence-electron chi connectivity index (χ2n) is 3.46. The van der Waals surface area contributed by atoms with Crippen LogP contribution >= 0.6 is 11.3 Å². The third-order valence-corrected chi connectivity index (χ3v) is 3.39. The second-order valence-corrected chi connectivity index (χ2v) is 4.48. The van der Waals surface area contributed by atoms with Gasteiger partial charge in [0.15, 0.2) is 5.78 Å². The minimum atomic E-state index is -2.58. The van der Waals surface area contributed by atoms with Crippen molar-refractivity contribution in [2.45, 2.75) is 19.8 Å². The topological polar surface area (TPSA) is 98.2 Å². The molecule has 1 rings (SSSR count). The van der Waals surface area contributed by atoms with Gasteiger partial charge in [-0.15, -0.1) is 11.3 Å². The van der Waals surface area contributed by atoms with Gasteiger partial charge in [-0.3, -0.25) is 9.59 Å². The van der Waals surface area contributed by atoms with Crippen LogP contribution in [0.1, 0.15) is 33.4 Å². The Labute approximate surface area is 106 Å². The number of nitrogen functional groups attached to an aromatic ring is 1. The molecule has 1 amide bonds. The lowest BCUT2D eigenvalue weighted by Crippen LogP contribution is -2.17. The van der Waals surface area contributed by atoms with Gasteiger partial charge in [0, 0.05) is 6.42 Å². The van der Waals surface area contributed by atoms with Crippen LogP contribution in [0, 0.1) is 0 Å². The molecule has 0 bridgehead atoms. The first-order valence-electron chi connectivity index (χ1n) is 5.15. The van der Waals surface area contributed by atoms with Crippen LogP contribution in [-0.4, -0.2) is 24.7 Å². The fourth-order valence-corrected chi connectivity index (χ4v) is 2.49. The quantitative estimate of drug-likeness (QED) is 0.689. The molecule has 0 saturated heterocycles. The summed E-state index contributed by atoms with van der Waals surface area (Å²) in [6.45, 7) is 0.998. The lowest BCUT2D eigenvalue weighted by molar-refractivity contribution is 0.0991.